The Balaban J connectivity index is 0.00000256. The second kappa shape index (κ2) is 11.3. The minimum atomic E-state index is 0. The van der Waals surface area contributed by atoms with Gasteiger partial charge in [-0.1, -0.05) is 29.8 Å². The van der Waals surface area contributed by atoms with Crippen molar-refractivity contribution in [1.82, 2.24) is 15.1 Å². The minimum absolute atomic E-state index is 0. The lowest BCUT2D eigenvalue weighted by molar-refractivity contribution is 0.0512. The summed E-state index contributed by atoms with van der Waals surface area (Å²) in [5.41, 5.74) is 1.24. The number of rotatable bonds is 5. The van der Waals surface area contributed by atoms with E-state index in [-0.39, 0.29) is 29.4 Å². The van der Waals surface area contributed by atoms with Gasteiger partial charge >= 0.3 is 0 Å². The molecular formula is C23H36ClIN4O. The number of guanidine groups is 1. The van der Waals surface area contributed by atoms with E-state index in [9.17, 15) is 0 Å². The van der Waals surface area contributed by atoms with Gasteiger partial charge in [0.15, 0.2) is 5.96 Å². The molecule has 3 aliphatic rings. The van der Waals surface area contributed by atoms with Crippen LogP contribution in [-0.2, 0) is 10.2 Å². The van der Waals surface area contributed by atoms with E-state index in [1.165, 1.54) is 44.5 Å². The predicted molar refractivity (Wildman–Crippen MR) is 135 cm³/mol. The van der Waals surface area contributed by atoms with Gasteiger partial charge in [-0.25, -0.2) is 0 Å². The molecule has 1 atom stereocenters. The molecule has 0 bridgehead atoms. The molecule has 0 aliphatic carbocycles. The maximum atomic E-state index is 6.61. The van der Waals surface area contributed by atoms with Gasteiger partial charge in [0.25, 0.3) is 0 Å². The van der Waals surface area contributed by atoms with Crippen LogP contribution in [0.25, 0.3) is 0 Å². The number of hydrogen-bond donors (Lipinski definition) is 1. The topological polar surface area (TPSA) is 40.1 Å². The minimum Gasteiger partial charge on any atom is -0.381 e. The quantitative estimate of drug-likeness (QED) is 0.344. The van der Waals surface area contributed by atoms with Crippen LogP contribution in [0.3, 0.4) is 0 Å². The molecule has 0 aromatic heterocycles. The number of aliphatic imine (C=N–C) groups is 1. The van der Waals surface area contributed by atoms with Gasteiger partial charge in [0, 0.05) is 56.9 Å². The second-order valence-electron chi connectivity index (χ2n) is 8.88. The summed E-state index contributed by atoms with van der Waals surface area (Å²) in [6, 6.07) is 8.29. The highest BCUT2D eigenvalue weighted by molar-refractivity contribution is 14.0. The van der Waals surface area contributed by atoms with Gasteiger partial charge in [-0.3, -0.25) is 4.99 Å². The van der Waals surface area contributed by atoms with Crippen molar-refractivity contribution in [1.29, 1.82) is 0 Å². The maximum Gasteiger partial charge on any atom is 0.193 e. The van der Waals surface area contributed by atoms with Crippen LogP contribution in [0.4, 0.5) is 0 Å². The summed E-state index contributed by atoms with van der Waals surface area (Å²) in [5, 5.41) is 4.57. The Bertz CT molecular complexity index is 704. The standard InChI is InChI=1S/C23H35ClN4O.HI/c1-25-22(28-13-8-19(17-28)16-27-11-4-5-12-27)26-18-23(9-14-29-15-10-23)20-6-2-3-7-21(20)24;/h2-3,6-7,19H,4-5,8-18H2,1H3,(H,25,26);1H. The van der Waals surface area contributed by atoms with Crippen LogP contribution in [0.15, 0.2) is 29.3 Å². The van der Waals surface area contributed by atoms with E-state index in [2.05, 4.69) is 32.2 Å². The lowest BCUT2D eigenvalue weighted by atomic mass is 9.74. The Kier molecular flexibility index (Phi) is 9.10. The lowest BCUT2D eigenvalue weighted by Gasteiger charge is -2.39. The fraction of sp³-hybridized carbons (Fsp3) is 0.696. The average Bonchev–Trinajstić information content (AvgIpc) is 3.42. The molecule has 0 saturated carbocycles. The third kappa shape index (κ3) is 5.61. The number of likely N-dealkylation sites (tertiary alicyclic amines) is 2. The molecule has 0 amide bonds. The van der Waals surface area contributed by atoms with E-state index in [1.807, 2.05) is 19.2 Å². The molecule has 4 rings (SSSR count). The average molecular weight is 547 g/mol. The first kappa shape index (κ1) is 24.1. The van der Waals surface area contributed by atoms with E-state index in [4.69, 9.17) is 16.3 Å². The zero-order chi connectivity index (χ0) is 20.1. The number of halogens is 2. The van der Waals surface area contributed by atoms with Crippen LogP contribution in [-0.4, -0.2) is 75.3 Å². The number of nitrogens with one attached hydrogen (secondary N) is 1. The molecule has 1 unspecified atom stereocenters. The molecule has 3 fully saturated rings. The molecule has 7 heteroatoms. The number of nitrogens with zero attached hydrogens (tertiary/aromatic N) is 3. The molecule has 168 valence electrons. The van der Waals surface area contributed by atoms with Crippen LogP contribution >= 0.6 is 35.6 Å². The SMILES string of the molecule is CN=C(NCC1(c2ccccc2Cl)CCOCC1)N1CCC(CN2CCCC2)C1.I. The highest BCUT2D eigenvalue weighted by Gasteiger charge is 2.37. The first-order valence-corrected chi connectivity index (χ1v) is 11.6. The first-order chi connectivity index (χ1) is 14.2. The Labute approximate surface area is 203 Å². The molecule has 0 spiro atoms. The van der Waals surface area contributed by atoms with Gasteiger partial charge in [-0.15, -0.1) is 24.0 Å². The number of hydrogen-bond acceptors (Lipinski definition) is 3. The third-order valence-corrected chi connectivity index (χ3v) is 7.32. The molecule has 1 aromatic carbocycles. The van der Waals surface area contributed by atoms with Crippen molar-refractivity contribution in [3.05, 3.63) is 34.9 Å². The van der Waals surface area contributed by atoms with Crippen LogP contribution in [0.2, 0.25) is 5.02 Å². The van der Waals surface area contributed by atoms with Gasteiger partial charge < -0.3 is 19.9 Å². The summed E-state index contributed by atoms with van der Waals surface area (Å²) in [6.45, 7) is 8.44. The fourth-order valence-electron chi connectivity index (χ4n) is 5.28. The van der Waals surface area contributed by atoms with Crippen molar-refractivity contribution in [3.63, 3.8) is 0 Å². The van der Waals surface area contributed by atoms with Crippen LogP contribution < -0.4 is 5.32 Å². The van der Waals surface area contributed by atoms with Crippen molar-refractivity contribution < 1.29 is 4.74 Å². The molecule has 3 saturated heterocycles. The molecule has 1 N–H and O–H groups in total. The van der Waals surface area contributed by atoms with E-state index in [1.54, 1.807) is 0 Å². The summed E-state index contributed by atoms with van der Waals surface area (Å²) < 4.78 is 5.68. The lowest BCUT2D eigenvalue weighted by Crippen LogP contribution is -2.49. The molecule has 0 radical (unpaired) electrons. The Hall–Kier alpha value is -0.570. The van der Waals surface area contributed by atoms with Crippen LogP contribution in [0.5, 0.6) is 0 Å². The van der Waals surface area contributed by atoms with Crippen molar-refractivity contribution in [2.75, 3.05) is 59.5 Å². The maximum absolute atomic E-state index is 6.61. The Morgan fingerprint density at radius 3 is 2.63 bits per heavy atom. The smallest absolute Gasteiger partial charge is 0.193 e. The summed E-state index contributed by atoms with van der Waals surface area (Å²) in [5.74, 6) is 1.79. The zero-order valence-electron chi connectivity index (χ0n) is 18.1. The monoisotopic (exact) mass is 546 g/mol. The van der Waals surface area contributed by atoms with Gasteiger partial charge in [-0.05, 0) is 62.7 Å². The highest BCUT2D eigenvalue weighted by Crippen LogP contribution is 2.38. The summed E-state index contributed by atoms with van der Waals surface area (Å²) >= 11 is 6.61. The Morgan fingerprint density at radius 2 is 1.93 bits per heavy atom. The number of ether oxygens (including phenoxy) is 1. The zero-order valence-corrected chi connectivity index (χ0v) is 21.2. The third-order valence-electron chi connectivity index (χ3n) is 6.99. The summed E-state index contributed by atoms with van der Waals surface area (Å²) in [4.78, 5) is 9.70. The number of benzene rings is 1. The van der Waals surface area contributed by atoms with E-state index in [0.29, 0.717) is 0 Å². The molecule has 5 nitrogen and oxygen atoms in total. The largest absolute Gasteiger partial charge is 0.381 e. The van der Waals surface area contributed by atoms with Crippen LogP contribution in [0.1, 0.15) is 37.7 Å². The second-order valence-corrected chi connectivity index (χ2v) is 9.29. The van der Waals surface area contributed by atoms with E-state index >= 15 is 0 Å². The van der Waals surface area contributed by atoms with Gasteiger partial charge in [0.05, 0.1) is 0 Å². The Morgan fingerprint density at radius 1 is 1.20 bits per heavy atom. The molecule has 30 heavy (non-hydrogen) atoms. The van der Waals surface area contributed by atoms with Crippen LogP contribution in [0, 0.1) is 5.92 Å². The normalized spacial score (nSPS) is 24.7. The van der Waals surface area contributed by atoms with Crippen molar-refractivity contribution in [3.8, 4) is 0 Å². The van der Waals surface area contributed by atoms with E-state index in [0.717, 1.165) is 62.6 Å². The highest BCUT2D eigenvalue weighted by atomic mass is 127. The molecular weight excluding hydrogens is 511 g/mol. The predicted octanol–water partition coefficient (Wildman–Crippen LogP) is 4.00. The molecule has 3 heterocycles. The van der Waals surface area contributed by atoms with Gasteiger partial charge in [0.1, 0.15) is 0 Å². The molecule has 1 aromatic rings. The summed E-state index contributed by atoms with van der Waals surface area (Å²) in [6.07, 6.45) is 5.97. The summed E-state index contributed by atoms with van der Waals surface area (Å²) in [7, 11) is 1.91. The van der Waals surface area contributed by atoms with Crippen molar-refractivity contribution in [2.24, 2.45) is 10.9 Å². The van der Waals surface area contributed by atoms with Crippen molar-refractivity contribution in [2.45, 2.75) is 37.5 Å². The van der Waals surface area contributed by atoms with Gasteiger partial charge in [-0.2, -0.15) is 0 Å². The fourth-order valence-corrected chi connectivity index (χ4v) is 5.62. The first-order valence-electron chi connectivity index (χ1n) is 11.2. The van der Waals surface area contributed by atoms with E-state index < -0.39 is 0 Å². The molecule has 3 aliphatic heterocycles. The van der Waals surface area contributed by atoms with Crippen molar-refractivity contribution >= 4 is 41.5 Å². The van der Waals surface area contributed by atoms with Gasteiger partial charge in [0.2, 0.25) is 0 Å².